The fraction of sp³-hybridized carbons (Fsp3) is 0.478. The molecule has 2 aromatic rings. The van der Waals surface area contributed by atoms with E-state index in [1.165, 1.54) is 11.1 Å². The molecule has 1 atom stereocenters. The smallest absolute Gasteiger partial charge is 0.151 e. The molecule has 1 heterocycles. The first-order chi connectivity index (χ1) is 11.9. The fourth-order valence-corrected chi connectivity index (χ4v) is 4.66. The van der Waals surface area contributed by atoms with Gasteiger partial charge in [0.1, 0.15) is 6.10 Å². The minimum atomic E-state index is -0.432. The SMILES string of the molecule is CCCC1OOC1(C(C)(C)c1ccccc1)C(C)(C)c1ccccc1. The van der Waals surface area contributed by atoms with E-state index in [9.17, 15) is 0 Å². The second kappa shape index (κ2) is 6.59. The van der Waals surface area contributed by atoms with Gasteiger partial charge in [0.2, 0.25) is 0 Å². The summed E-state index contributed by atoms with van der Waals surface area (Å²) in [5.74, 6) is 0. The Balaban J connectivity index is 2.15. The molecule has 1 aliphatic rings. The van der Waals surface area contributed by atoms with Crippen LogP contribution in [0.15, 0.2) is 60.7 Å². The standard InChI is InChI=1S/C23H30O2/c1-6-13-20-23(25-24-20,21(2,3)18-14-9-7-10-15-18)22(4,5)19-16-11-8-12-17-19/h7-12,14-17,20H,6,13H2,1-5H3. The zero-order valence-electron chi connectivity index (χ0n) is 16.1. The summed E-state index contributed by atoms with van der Waals surface area (Å²) in [7, 11) is 0. The van der Waals surface area contributed by atoms with E-state index >= 15 is 0 Å². The highest BCUT2D eigenvalue weighted by Crippen LogP contribution is 2.58. The third kappa shape index (κ3) is 2.63. The largest absolute Gasteiger partial charge is 0.229 e. The number of hydrogen-bond donors (Lipinski definition) is 0. The molecule has 134 valence electrons. The summed E-state index contributed by atoms with van der Waals surface area (Å²) in [6.45, 7) is 11.4. The number of rotatable bonds is 6. The first kappa shape index (κ1) is 18.2. The highest BCUT2D eigenvalue weighted by Gasteiger charge is 2.68. The van der Waals surface area contributed by atoms with Gasteiger partial charge in [0.05, 0.1) is 0 Å². The molecular formula is C23H30O2. The molecule has 2 heteroatoms. The second-order valence-corrected chi connectivity index (χ2v) is 8.17. The summed E-state index contributed by atoms with van der Waals surface area (Å²) in [5.41, 5.74) is 1.72. The Hall–Kier alpha value is -1.64. The molecule has 0 bridgehead atoms. The number of benzene rings is 2. The van der Waals surface area contributed by atoms with E-state index in [4.69, 9.17) is 9.78 Å². The van der Waals surface area contributed by atoms with E-state index in [1.54, 1.807) is 0 Å². The Labute approximate surface area is 152 Å². The van der Waals surface area contributed by atoms with Gasteiger partial charge in [-0.2, -0.15) is 0 Å². The van der Waals surface area contributed by atoms with Crippen LogP contribution in [0.4, 0.5) is 0 Å². The van der Waals surface area contributed by atoms with Crippen molar-refractivity contribution in [3.05, 3.63) is 71.8 Å². The lowest BCUT2D eigenvalue weighted by Crippen LogP contribution is -2.74. The van der Waals surface area contributed by atoms with Gasteiger partial charge >= 0.3 is 0 Å². The van der Waals surface area contributed by atoms with Crippen molar-refractivity contribution < 1.29 is 9.78 Å². The lowest BCUT2D eigenvalue weighted by atomic mass is 9.53. The lowest BCUT2D eigenvalue weighted by Gasteiger charge is -2.63. The van der Waals surface area contributed by atoms with Crippen molar-refractivity contribution >= 4 is 0 Å². The van der Waals surface area contributed by atoms with Gasteiger partial charge in [0, 0.05) is 10.8 Å². The van der Waals surface area contributed by atoms with Crippen LogP contribution in [0.25, 0.3) is 0 Å². The zero-order chi connectivity index (χ0) is 18.1. The Bertz CT molecular complexity index is 637. The van der Waals surface area contributed by atoms with Crippen molar-refractivity contribution in [1.82, 2.24) is 0 Å². The van der Waals surface area contributed by atoms with Crippen molar-refractivity contribution in [3.8, 4) is 0 Å². The van der Waals surface area contributed by atoms with Crippen LogP contribution in [0, 0.1) is 0 Å². The predicted molar refractivity (Wildman–Crippen MR) is 103 cm³/mol. The summed E-state index contributed by atoms with van der Waals surface area (Å²) in [4.78, 5) is 11.8. The van der Waals surface area contributed by atoms with Crippen LogP contribution in [-0.2, 0) is 20.6 Å². The molecule has 2 aromatic carbocycles. The highest BCUT2D eigenvalue weighted by atomic mass is 17.3. The van der Waals surface area contributed by atoms with E-state index in [-0.39, 0.29) is 16.9 Å². The topological polar surface area (TPSA) is 18.5 Å². The minimum absolute atomic E-state index is 0.0721. The van der Waals surface area contributed by atoms with Crippen LogP contribution >= 0.6 is 0 Å². The molecule has 3 rings (SSSR count). The van der Waals surface area contributed by atoms with E-state index in [0.29, 0.717) is 0 Å². The van der Waals surface area contributed by atoms with Crippen LogP contribution in [0.1, 0.15) is 58.6 Å². The molecule has 0 N–H and O–H groups in total. The number of hydrogen-bond acceptors (Lipinski definition) is 2. The lowest BCUT2D eigenvalue weighted by molar-refractivity contribution is -0.538. The maximum atomic E-state index is 6.12. The van der Waals surface area contributed by atoms with Gasteiger partial charge in [0.15, 0.2) is 5.60 Å². The van der Waals surface area contributed by atoms with Gasteiger partial charge in [-0.25, -0.2) is 9.78 Å². The van der Waals surface area contributed by atoms with Crippen LogP contribution in [0.3, 0.4) is 0 Å². The normalized spacial score (nSPS) is 20.1. The van der Waals surface area contributed by atoms with Gasteiger partial charge in [0.25, 0.3) is 0 Å². The molecular weight excluding hydrogens is 308 g/mol. The second-order valence-electron chi connectivity index (χ2n) is 8.17. The van der Waals surface area contributed by atoms with E-state index in [0.717, 1.165) is 12.8 Å². The molecule has 1 saturated heterocycles. The average Bonchev–Trinajstić information content (AvgIpc) is 2.60. The molecule has 0 saturated carbocycles. The highest BCUT2D eigenvalue weighted by molar-refractivity contribution is 5.39. The van der Waals surface area contributed by atoms with Gasteiger partial charge in [-0.05, 0) is 17.5 Å². The third-order valence-corrected chi connectivity index (χ3v) is 6.15. The molecule has 1 aliphatic heterocycles. The predicted octanol–water partition coefficient (Wildman–Crippen LogP) is 5.81. The molecule has 1 fully saturated rings. The third-order valence-electron chi connectivity index (χ3n) is 6.15. The molecule has 1 unspecified atom stereocenters. The van der Waals surface area contributed by atoms with Crippen molar-refractivity contribution in [2.24, 2.45) is 0 Å². The molecule has 2 nitrogen and oxygen atoms in total. The molecule has 0 aromatic heterocycles. The first-order valence-corrected chi connectivity index (χ1v) is 9.33. The molecule has 0 radical (unpaired) electrons. The first-order valence-electron chi connectivity index (χ1n) is 9.33. The van der Waals surface area contributed by atoms with E-state index in [1.807, 2.05) is 0 Å². The summed E-state index contributed by atoms with van der Waals surface area (Å²) in [6.07, 6.45) is 2.14. The summed E-state index contributed by atoms with van der Waals surface area (Å²) < 4.78 is 0. The maximum Gasteiger partial charge on any atom is 0.151 e. The van der Waals surface area contributed by atoms with E-state index in [2.05, 4.69) is 95.3 Å². The van der Waals surface area contributed by atoms with Crippen molar-refractivity contribution in [1.29, 1.82) is 0 Å². The van der Waals surface area contributed by atoms with Crippen LogP contribution in [0.5, 0.6) is 0 Å². The Morgan fingerprint density at radius 1 is 0.800 bits per heavy atom. The van der Waals surface area contributed by atoms with Crippen molar-refractivity contribution in [2.45, 2.75) is 70.0 Å². The van der Waals surface area contributed by atoms with Gasteiger partial charge in [-0.15, -0.1) is 0 Å². The molecule has 25 heavy (non-hydrogen) atoms. The van der Waals surface area contributed by atoms with E-state index < -0.39 is 5.60 Å². The summed E-state index contributed by atoms with van der Waals surface area (Å²) in [6, 6.07) is 21.4. The van der Waals surface area contributed by atoms with Gasteiger partial charge in [-0.1, -0.05) is 102 Å². The quantitative estimate of drug-likeness (QED) is 0.619. The summed E-state index contributed by atoms with van der Waals surface area (Å²) >= 11 is 0. The molecule has 0 spiro atoms. The average molecular weight is 338 g/mol. The molecule has 0 aliphatic carbocycles. The van der Waals surface area contributed by atoms with Crippen LogP contribution in [-0.4, -0.2) is 11.7 Å². The van der Waals surface area contributed by atoms with Crippen LogP contribution in [0.2, 0.25) is 0 Å². The minimum Gasteiger partial charge on any atom is -0.229 e. The Morgan fingerprint density at radius 3 is 1.56 bits per heavy atom. The van der Waals surface area contributed by atoms with Gasteiger partial charge < -0.3 is 0 Å². The summed E-state index contributed by atoms with van der Waals surface area (Å²) in [5, 5.41) is 0. The van der Waals surface area contributed by atoms with Gasteiger partial charge in [-0.3, -0.25) is 0 Å². The molecule has 0 amide bonds. The monoisotopic (exact) mass is 338 g/mol. The zero-order valence-corrected chi connectivity index (χ0v) is 16.1. The van der Waals surface area contributed by atoms with Crippen molar-refractivity contribution in [3.63, 3.8) is 0 Å². The maximum absolute atomic E-state index is 6.12. The Morgan fingerprint density at radius 2 is 1.24 bits per heavy atom. The fourth-order valence-electron chi connectivity index (χ4n) is 4.66. The Kier molecular flexibility index (Phi) is 4.78. The van der Waals surface area contributed by atoms with Crippen molar-refractivity contribution in [2.75, 3.05) is 0 Å². The van der Waals surface area contributed by atoms with Crippen LogP contribution < -0.4 is 0 Å².